The zero-order valence-corrected chi connectivity index (χ0v) is 19.1. The molecule has 0 heterocycles. The minimum atomic E-state index is -2.46. The molecule has 1 saturated carbocycles. The summed E-state index contributed by atoms with van der Waals surface area (Å²) in [6.45, 7) is 0. The second-order valence-electron chi connectivity index (χ2n) is 8.39. The van der Waals surface area contributed by atoms with Crippen LogP contribution in [0.25, 0.3) is 12.2 Å². The number of benzene rings is 2. The molecule has 0 bridgehead atoms. The van der Waals surface area contributed by atoms with E-state index in [1.807, 2.05) is 0 Å². The average Bonchev–Trinajstić information content (AvgIpc) is 2.80. The van der Waals surface area contributed by atoms with Crippen molar-refractivity contribution in [2.24, 2.45) is 0 Å². The summed E-state index contributed by atoms with van der Waals surface area (Å²) in [6.07, 6.45) is -1.97. The van der Waals surface area contributed by atoms with Gasteiger partial charge in [-0.3, -0.25) is 0 Å². The van der Waals surface area contributed by atoms with Crippen LogP contribution in [0.4, 0.5) is 0 Å². The Labute approximate surface area is 209 Å². The van der Waals surface area contributed by atoms with Crippen LogP contribution < -0.4 is 0 Å². The van der Waals surface area contributed by atoms with Crippen LogP contribution in [0.3, 0.4) is 0 Å². The molecule has 0 amide bonds. The molecule has 12 nitrogen and oxygen atoms in total. The molecule has 7 N–H and O–H groups in total. The normalized spacial score (nSPS) is 23.7. The van der Waals surface area contributed by atoms with Gasteiger partial charge in [0.2, 0.25) is 0 Å². The molecule has 4 atom stereocenters. The number of phenols is 4. The monoisotopic (exact) mass is 516 g/mol. The molecule has 1 aliphatic carbocycles. The van der Waals surface area contributed by atoms with Crippen LogP contribution in [-0.4, -0.2) is 77.6 Å². The fourth-order valence-electron chi connectivity index (χ4n) is 3.73. The SMILES string of the molecule is O=C(C=Cc1cc(O)cc(O)c1)O[C@@H]1[C@H](O)C[C@@](O)(C(=O)O)C[C@H]1OC(=O)C=Cc1ccc(O)c(O)c1. The number of rotatable bonds is 7. The fourth-order valence-corrected chi connectivity index (χ4v) is 3.73. The first kappa shape index (κ1) is 27.0. The van der Waals surface area contributed by atoms with E-state index < -0.39 is 60.4 Å². The number of carboxylic acids is 1. The maximum absolute atomic E-state index is 12.4. The molecule has 1 aliphatic rings. The lowest BCUT2D eigenvalue weighted by Crippen LogP contribution is -2.58. The molecule has 37 heavy (non-hydrogen) atoms. The third kappa shape index (κ3) is 6.99. The lowest BCUT2D eigenvalue weighted by molar-refractivity contribution is -0.204. The Hall–Kier alpha value is -4.55. The van der Waals surface area contributed by atoms with E-state index in [1.54, 1.807) is 0 Å². The Morgan fingerprint density at radius 2 is 1.41 bits per heavy atom. The minimum Gasteiger partial charge on any atom is -0.508 e. The molecule has 0 aliphatic heterocycles. The maximum Gasteiger partial charge on any atom is 0.335 e. The summed E-state index contributed by atoms with van der Waals surface area (Å²) in [5.74, 6) is -5.05. The summed E-state index contributed by atoms with van der Waals surface area (Å²) in [5.41, 5.74) is -1.91. The first-order valence-corrected chi connectivity index (χ1v) is 10.8. The number of ether oxygens (including phenoxy) is 2. The van der Waals surface area contributed by atoms with E-state index in [9.17, 15) is 50.1 Å². The second-order valence-corrected chi connectivity index (χ2v) is 8.39. The van der Waals surface area contributed by atoms with Crippen molar-refractivity contribution in [3.63, 3.8) is 0 Å². The smallest absolute Gasteiger partial charge is 0.335 e. The largest absolute Gasteiger partial charge is 0.508 e. The molecular formula is C25H24O12. The van der Waals surface area contributed by atoms with E-state index in [2.05, 4.69) is 0 Å². The summed E-state index contributed by atoms with van der Waals surface area (Å²) in [7, 11) is 0. The highest BCUT2D eigenvalue weighted by Crippen LogP contribution is 2.33. The maximum atomic E-state index is 12.4. The fraction of sp³-hybridized carbons (Fsp3) is 0.240. The summed E-state index contributed by atoms with van der Waals surface area (Å²) in [5, 5.41) is 68.2. The molecule has 0 spiro atoms. The molecule has 3 rings (SSSR count). The Morgan fingerprint density at radius 1 is 0.811 bits per heavy atom. The van der Waals surface area contributed by atoms with Gasteiger partial charge in [-0.05, 0) is 47.5 Å². The van der Waals surface area contributed by atoms with Crippen LogP contribution in [-0.2, 0) is 23.9 Å². The van der Waals surface area contributed by atoms with Crippen molar-refractivity contribution in [1.29, 1.82) is 0 Å². The van der Waals surface area contributed by atoms with E-state index in [0.29, 0.717) is 5.56 Å². The molecule has 0 aromatic heterocycles. The zero-order chi connectivity index (χ0) is 27.3. The first-order chi connectivity index (χ1) is 17.4. The number of aliphatic hydroxyl groups excluding tert-OH is 1. The number of hydrogen-bond donors (Lipinski definition) is 7. The van der Waals surface area contributed by atoms with Crippen LogP contribution in [0, 0.1) is 0 Å². The van der Waals surface area contributed by atoms with Gasteiger partial charge in [-0.2, -0.15) is 0 Å². The van der Waals surface area contributed by atoms with E-state index in [4.69, 9.17) is 9.47 Å². The van der Waals surface area contributed by atoms with Crippen LogP contribution in [0.1, 0.15) is 24.0 Å². The first-order valence-electron chi connectivity index (χ1n) is 10.8. The Morgan fingerprint density at radius 3 is 2.00 bits per heavy atom. The number of aliphatic carboxylic acids is 1. The molecular weight excluding hydrogens is 492 g/mol. The van der Waals surface area contributed by atoms with Gasteiger partial charge in [-0.1, -0.05) is 6.07 Å². The van der Waals surface area contributed by atoms with Crippen molar-refractivity contribution >= 4 is 30.1 Å². The van der Waals surface area contributed by atoms with Crippen LogP contribution in [0.2, 0.25) is 0 Å². The topological polar surface area (TPSA) is 211 Å². The Bertz CT molecular complexity index is 1230. The third-order valence-electron chi connectivity index (χ3n) is 5.50. The van der Waals surface area contributed by atoms with Gasteiger partial charge in [-0.15, -0.1) is 0 Å². The summed E-state index contributed by atoms with van der Waals surface area (Å²) >= 11 is 0. The third-order valence-corrected chi connectivity index (χ3v) is 5.50. The Kier molecular flexibility index (Phi) is 8.05. The van der Waals surface area contributed by atoms with Gasteiger partial charge >= 0.3 is 17.9 Å². The molecule has 0 radical (unpaired) electrons. The molecule has 0 unspecified atom stereocenters. The lowest BCUT2D eigenvalue weighted by atomic mass is 9.79. The van der Waals surface area contributed by atoms with E-state index in [0.717, 1.165) is 24.3 Å². The van der Waals surface area contributed by atoms with Gasteiger partial charge in [0, 0.05) is 31.1 Å². The number of carbonyl (C=O) groups is 3. The van der Waals surface area contributed by atoms with Crippen LogP contribution in [0.15, 0.2) is 48.6 Å². The van der Waals surface area contributed by atoms with Gasteiger partial charge in [0.15, 0.2) is 23.2 Å². The summed E-state index contributed by atoms with van der Waals surface area (Å²) < 4.78 is 10.4. The van der Waals surface area contributed by atoms with Gasteiger partial charge < -0.3 is 45.2 Å². The van der Waals surface area contributed by atoms with Crippen molar-refractivity contribution in [2.75, 3.05) is 0 Å². The second kappa shape index (κ2) is 11.0. The Balaban J connectivity index is 1.76. The molecule has 2 aromatic rings. The van der Waals surface area contributed by atoms with E-state index in [-0.39, 0.29) is 22.8 Å². The van der Waals surface area contributed by atoms with Crippen molar-refractivity contribution in [3.8, 4) is 23.0 Å². The number of hydrogen-bond acceptors (Lipinski definition) is 11. The van der Waals surface area contributed by atoms with Crippen LogP contribution >= 0.6 is 0 Å². The standard InChI is InChI=1S/C25H24O12/c26-15-7-14(8-16(27)10-15)3-6-22(32)37-23-19(30)11-25(35,24(33)34)12-20(23)36-21(31)5-2-13-1-4-17(28)18(29)9-13/h1-10,19-20,23,26-30,35H,11-12H2,(H,33,34)/t19-,20-,23-,25+/m1/s1. The predicted octanol–water partition coefficient (Wildman–Crippen LogP) is 1.03. The van der Waals surface area contributed by atoms with Crippen molar-refractivity contribution < 1.29 is 59.6 Å². The number of carbonyl (C=O) groups excluding carboxylic acids is 2. The highest BCUT2D eigenvalue weighted by molar-refractivity contribution is 5.88. The molecule has 1 fully saturated rings. The molecule has 2 aromatic carbocycles. The van der Waals surface area contributed by atoms with Crippen molar-refractivity contribution in [3.05, 3.63) is 59.7 Å². The molecule has 0 saturated heterocycles. The summed E-state index contributed by atoms with van der Waals surface area (Å²) in [6, 6.07) is 7.31. The highest BCUT2D eigenvalue weighted by atomic mass is 16.6. The number of aliphatic hydroxyl groups is 2. The number of aromatic hydroxyl groups is 4. The minimum absolute atomic E-state index is 0.243. The van der Waals surface area contributed by atoms with Crippen molar-refractivity contribution in [1.82, 2.24) is 0 Å². The van der Waals surface area contributed by atoms with Gasteiger partial charge in [0.05, 0.1) is 6.10 Å². The van der Waals surface area contributed by atoms with Gasteiger partial charge in [-0.25, -0.2) is 14.4 Å². The quantitative estimate of drug-likeness (QED) is 0.156. The zero-order valence-electron chi connectivity index (χ0n) is 19.1. The van der Waals surface area contributed by atoms with E-state index in [1.165, 1.54) is 36.4 Å². The predicted molar refractivity (Wildman–Crippen MR) is 125 cm³/mol. The number of phenolic OH excluding ortho intramolecular Hbond substituents is 4. The number of carboxylic acid groups (broad SMARTS) is 1. The molecule has 196 valence electrons. The number of esters is 2. The van der Waals surface area contributed by atoms with Crippen molar-refractivity contribution in [2.45, 2.75) is 36.8 Å². The van der Waals surface area contributed by atoms with Gasteiger partial charge in [0.25, 0.3) is 0 Å². The summed E-state index contributed by atoms with van der Waals surface area (Å²) in [4.78, 5) is 36.3. The molecule has 12 heteroatoms. The lowest BCUT2D eigenvalue weighted by Gasteiger charge is -2.40. The van der Waals surface area contributed by atoms with Gasteiger partial charge in [0.1, 0.15) is 17.6 Å². The average molecular weight is 516 g/mol. The van der Waals surface area contributed by atoms with E-state index >= 15 is 0 Å². The highest BCUT2D eigenvalue weighted by Gasteiger charge is 2.52. The van der Waals surface area contributed by atoms with Crippen LogP contribution in [0.5, 0.6) is 23.0 Å².